The molecule has 0 spiro atoms. The van der Waals surface area contributed by atoms with Gasteiger partial charge in [-0.3, -0.25) is 0 Å². The van der Waals surface area contributed by atoms with Crippen molar-refractivity contribution in [3.05, 3.63) is 50.1 Å². The molecule has 102 valence electrons. The highest BCUT2D eigenvalue weighted by atomic mass is 79.9. The first-order chi connectivity index (χ1) is 9.72. The Labute approximate surface area is 141 Å². The summed E-state index contributed by atoms with van der Waals surface area (Å²) in [6.45, 7) is 0.790. The molecular formula is C15H10Br2OS2. The van der Waals surface area contributed by atoms with Gasteiger partial charge in [0, 0.05) is 30.7 Å². The molecule has 5 heteroatoms. The first-order valence-corrected chi connectivity index (χ1v) is 9.69. The zero-order valence-corrected chi connectivity index (χ0v) is 15.2. The Morgan fingerprint density at radius 1 is 1.20 bits per heavy atom. The van der Waals surface area contributed by atoms with Crippen LogP contribution in [0.5, 0.6) is 5.75 Å². The number of alkyl halides is 1. The SMILES string of the molecule is Brc1cc2c(c(C(Br)c3cc4sccc4s3)c1)OCC2. The van der Waals surface area contributed by atoms with Crippen LogP contribution in [0.2, 0.25) is 0 Å². The lowest BCUT2D eigenvalue weighted by Crippen LogP contribution is -1.95. The lowest BCUT2D eigenvalue weighted by molar-refractivity contribution is 0.354. The number of rotatable bonds is 2. The summed E-state index contributed by atoms with van der Waals surface area (Å²) in [6, 6.07) is 8.80. The van der Waals surface area contributed by atoms with Crippen LogP contribution in [-0.4, -0.2) is 6.61 Å². The van der Waals surface area contributed by atoms with E-state index in [-0.39, 0.29) is 4.83 Å². The second-order valence-corrected chi connectivity index (χ2v) is 8.64. The molecule has 1 atom stereocenters. The Morgan fingerprint density at radius 2 is 2.10 bits per heavy atom. The summed E-state index contributed by atoms with van der Waals surface area (Å²) in [4.78, 5) is 1.53. The highest BCUT2D eigenvalue weighted by Crippen LogP contribution is 2.45. The summed E-state index contributed by atoms with van der Waals surface area (Å²) >= 11 is 11.1. The molecule has 0 amide bonds. The molecule has 1 aromatic carbocycles. The number of fused-ring (bicyclic) bond motifs is 2. The van der Waals surface area contributed by atoms with Gasteiger partial charge in [-0.15, -0.1) is 22.7 Å². The van der Waals surface area contributed by atoms with Crippen LogP contribution in [0.4, 0.5) is 0 Å². The minimum absolute atomic E-state index is 0.191. The number of halogens is 2. The van der Waals surface area contributed by atoms with Gasteiger partial charge >= 0.3 is 0 Å². The predicted octanol–water partition coefficient (Wildman–Crippen LogP) is 6.14. The second-order valence-electron chi connectivity index (χ2n) is 4.74. The van der Waals surface area contributed by atoms with Crippen LogP contribution in [0.3, 0.4) is 0 Å². The minimum Gasteiger partial charge on any atom is -0.493 e. The molecule has 3 aromatic rings. The maximum atomic E-state index is 5.84. The van der Waals surface area contributed by atoms with Gasteiger partial charge in [0.25, 0.3) is 0 Å². The molecule has 0 bridgehead atoms. The van der Waals surface area contributed by atoms with Crippen LogP contribution >= 0.6 is 54.5 Å². The van der Waals surface area contributed by atoms with Crippen molar-refractivity contribution in [2.24, 2.45) is 0 Å². The highest BCUT2D eigenvalue weighted by molar-refractivity contribution is 9.10. The van der Waals surface area contributed by atoms with E-state index in [0.29, 0.717) is 0 Å². The topological polar surface area (TPSA) is 9.23 Å². The molecule has 2 aromatic heterocycles. The third kappa shape index (κ3) is 2.15. The van der Waals surface area contributed by atoms with Gasteiger partial charge in [0.15, 0.2) is 0 Å². The monoisotopic (exact) mass is 428 g/mol. The van der Waals surface area contributed by atoms with E-state index in [4.69, 9.17) is 4.74 Å². The summed E-state index contributed by atoms with van der Waals surface area (Å²) in [5.74, 6) is 1.06. The number of hydrogen-bond donors (Lipinski definition) is 0. The average Bonchev–Trinajstić information content (AvgIpc) is 3.10. The van der Waals surface area contributed by atoms with Crippen LogP contribution in [-0.2, 0) is 6.42 Å². The van der Waals surface area contributed by atoms with Crippen LogP contribution in [0.15, 0.2) is 34.1 Å². The van der Waals surface area contributed by atoms with Gasteiger partial charge in [0.2, 0.25) is 0 Å². The molecule has 0 fully saturated rings. The fourth-order valence-corrected chi connectivity index (χ4v) is 5.94. The first-order valence-electron chi connectivity index (χ1n) is 6.28. The summed E-state index contributed by atoms with van der Waals surface area (Å²) in [5.41, 5.74) is 2.53. The van der Waals surface area contributed by atoms with Crippen molar-refractivity contribution in [3.63, 3.8) is 0 Å². The molecule has 1 nitrogen and oxygen atoms in total. The molecule has 1 aliphatic rings. The van der Waals surface area contributed by atoms with E-state index >= 15 is 0 Å². The Balaban J connectivity index is 1.82. The van der Waals surface area contributed by atoms with Gasteiger partial charge in [-0.1, -0.05) is 31.9 Å². The molecule has 0 N–H and O–H groups in total. The zero-order chi connectivity index (χ0) is 13.7. The third-order valence-electron chi connectivity index (χ3n) is 3.46. The Bertz CT molecular complexity index is 762. The summed E-state index contributed by atoms with van der Waals surface area (Å²) in [7, 11) is 0. The number of benzene rings is 1. The van der Waals surface area contributed by atoms with Crippen LogP contribution < -0.4 is 4.74 Å². The van der Waals surface area contributed by atoms with Gasteiger partial charge in [0.05, 0.1) is 11.4 Å². The fourth-order valence-electron chi connectivity index (χ4n) is 2.55. The van der Waals surface area contributed by atoms with Crippen LogP contribution in [0.1, 0.15) is 20.8 Å². The van der Waals surface area contributed by atoms with Crippen molar-refractivity contribution in [2.45, 2.75) is 11.2 Å². The summed E-state index contributed by atoms with van der Waals surface area (Å²) < 4.78 is 9.69. The molecule has 0 aliphatic carbocycles. The third-order valence-corrected chi connectivity index (χ3v) is 7.36. The van der Waals surface area contributed by atoms with E-state index in [1.165, 1.54) is 25.4 Å². The van der Waals surface area contributed by atoms with E-state index in [1.807, 2.05) is 11.3 Å². The molecule has 1 aliphatic heterocycles. The van der Waals surface area contributed by atoms with Gasteiger partial charge in [-0.05, 0) is 35.2 Å². The normalized spacial score (nSPS) is 15.3. The Morgan fingerprint density at radius 3 is 2.95 bits per heavy atom. The summed E-state index contributed by atoms with van der Waals surface area (Å²) in [5, 5.41) is 2.15. The van der Waals surface area contributed by atoms with Gasteiger partial charge in [0.1, 0.15) is 5.75 Å². The molecular weight excluding hydrogens is 420 g/mol. The van der Waals surface area contributed by atoms with Gasteiger partial charge in [-0.2, -0.15) is 0 Å². The highest BCUT2D eigenvalue weighted by Gasteiger charge is 2.24. The lowest BCUT2D eigenvalue weighted by atomic mass is 10.0. The van der Waals surface area contributed by atoms with E-state index in [1.54, 1.807) is 11.3 Å². The van der Waals surface area contributed by atoms with Crippen molar-refractivity contribution in [1.82, 2.24) is 0 Å². The number of thiophene rings is 2. The van der Waals surface area contributed by atoms with E-state index in [0.717, 1.165) is 23.2 Å². The molecule has 1 unspecified atom stereocenters. The van der Waals surface area contributed by atoms with Crippen molar-refractivity contribution in [2.75, 3.05) is 6.61 Å². The van der Waals surface area contributed by atoms with Crippen molar-refractivity contribution >= 4 is 63.9 Å². The average molecular weight is 430 g/mol. The second kappa shape index (κ2) is 5.13. The minimum atomic E-state index is 0.191. The van der Waals surface area contributed by atoms with Crippen molar-refractivity contribution < 1.29 is 4.74 Å². The van der Waals surface area contributed by atoms with Gasteiger partial charge in [-0.25, -0.2) is 0 Å². The molecule has 0 saturated heterocycles. The maximum Gasteiger partial charge on any atom is 0.127 e. The van der Waals surface area contributed by atoms with Crippen molar-refractivity contribution in [1.29, 1.82) is 0 Å². The maximum absolute atomic E-state index is 5.84. The van der Waals surface area contributed by atoms with Crippen molar-refractivity contribution in [3.8, 4) is 5.75 Å². The first kappa shape index (κ1) is 13.3. The Hall–Kier alpha value is -0.360. The quantitative estimate of drug-likeness (QED) is 0.444. The lowest BCUT2D eigenvalue weighted by Gasteiger charge is -2.13. The number of ether oxygens (including phenoxy) is 1. The fraction of sp³-hybridized carbons (Fsp3) is 0.200. The molecule has 3 heterocycles. The smallest absolute Gasteiger partial charge is 0.127 e. The standard InChI is InChI=1S/C15H10Br2OS2/c16-9-5-8-1-3-18-15(8)10(6-9)14(17)13-7-12-11(20-13)2-4-19-12/h2,4-7,14H,1,3H2. The predicted molar refractivity (Wildman–Crippen MR) is 93.8 cm³/mol. The molecule has 0 saturated carbocycles. The summed E-state index contributed by atoms with van der Waals surface area (Å²) in [6.07, 6.45) is 1.00. The van der Waals surface area contributed by atoms with Gasteiger partial charge < -0.3 is 4.74 Å². The molecule has 0 radical (unpaired) electrons. The van der Waals surface area contributed by atoms with Crippen LogP contribution in [0, 0.1) is 0 Å². The van der Waals surface area contributed by atoms with E-state index in [9.17, 15) is 0 Å². The largest absolute Gasteiger partial charge is 0.493 e. The van der Waals surface area contributed by atoms with E-state index in [2.05, 4.69) is 61.5 Å². The number of hydrogen-bond acceptors (Lipinski definition) is 3. The molecule has 20 heavy (non-hydrogen) atoms. The molecule has 4 rings (SSSR count). The van der Waals surface area contributed by atoms with E-state index < -0.39 is 0 Å². The van der Waals surface area contributed by atoms with Crippen LogP contribution in [0.25, 0.3) is 9.40 Å². The zero-order valence-electron chi connectivity index (χ0n) is 10.4. The Kier molecular flexibility index (Phi) is 3.41.